The number of rotatable bonds is 8. The van der Waals surface area contributed by atoms with Crippen molar-refractivity contribution in [3.63, 3.8) is 0 Å². The zero-order valence-electron chi connectivity index (χ0n) is 19.4. The van der Waals surface area contributed by atoms with E-state index in [4.69, 9.17) is 0 Å². The normalized spacial score (nSPS) is 10.8. The van der Waals surface area contributed by atoms with Crippen molar-refractivity contribution in [1.82, 2.24) is 5.32 Å². The largest absolute Gasteiger partial charge is 0.356 e. The summed E-state index contributed by atoms with van der Waals surface area (Å²) in [4.78, 5) is 27.7. The standard InChI is InChI=1S/C28H32N2O2/c1-20(2)18-29-27(31)17-24-9-7-10-25(16-24)30(19-23-14-12-21(3)13-15-23)28(32)26-11-6-5-8-22(26)4/h5-16,20H,17-19H2,1-4H3,(H,29,31). The molecule has 0 atom stereocenters. The van der Waals surface area contributed by atoms with Crippen LogP contribution in [0, 0.1) is 19.8 Å². The van der Waals surface area contributed by atoms with Gasteiger partial charge in [0.05, 0.1) is 13.0 Å². The Morgan fingerprint density at radius 1 is 0.875 bits per heavy atom. The summed E-state index contributed by atoms with van der Waals surface area (Å²) in [5.74, 6) is 0.346. The van der Waals surface area contributed by atoms with Gasteiger partial charge >= 0.3 is 0 Å². The predicted molar refractivity (Wildman–Crippen MR) is 131 cm³/mol. The number of carbonyl (C=O) groups is 2. The van der Waals surface area contributed by atoms with Gasteiger partial charge in [-0.1, -0.05) is 74.0 Å². The Morgan fingerprint density at radius 2 is 1.59 bits per heavy atom. The molecule has 0 saturated heterocycles. The fourth-order valence-corrected chi connectivity index (χ4v) is 3.51. The number of nitrogens with zero attached hydrogens (tertiary/aromatic N) is 1. The van der Waals surface area contributed by atoms with Crippen LogP contribution in [0.1, 0.15) is 46.5 Å². The topological polar surface area (TPSA) is 49.4 Å². The number of hydrogen-bond acceptors (Lipinski definition) is 2. The van der Waals surface area contributed by atoms with Gasteiger partial charge in [-0.05, 0) is 54.7 Å². The smallest absolute Gasteiger partial charge is 0.258 e. The summed E-state index contributed by atoms with van der Waals surface area (Å²) < 4.78 is 0. The minimum Gasteiger partial charge on any atom is -0.356 e. The van der Waals surface area contributed by atoms with Crippen molar-refractivity contribution in [2.75, 3.05) is 11.4 Å². The second-order valence-electron chi connectivity index (χ2n) is 8.74. The van der Waals surface area contributed by atoms with Crippen molar-refractivity contribution in [2.45, 2.75) is 40.7 Å². The van der Waals surface area contributed by atoms with E-state index in [0.717, 1.165) is 22.4 Å². The molecule has 32 heavy (non-hydrogen) atoms. The minimum absolute atomic E-state index is 0.00818. The zero-order chi connectivity index (χ0) is 23.1. The third kappa shape index (κ3) is 6.30. The Hall–Kier alpha value is -3.40. The van der Waals surface area contributed by atoms with Crippen LogP contribution in [0.2, 0.25) is 0 Å². The molecule has 0 radical (unpaired) electrons. The van der Waals surface area contributed by atoms with Crippen LogP contribution in [-0.2, 0) is 17.8 Å². The Morgan fingerprint density at radius 3 is 2.28 bits per heavy atom. The molecule has 3 aromatic carbocycles. The molecule has 0 aliphatic heterocycles. The second kappa shape index (κ2) is 10.8. The quantitative estimate of drug-likeness (QED) is 0.518. The summed E-state index contributed by atoms with van der Waals surface area (Å²) in [7, 11) is 0. The maximum Gasteiger partial charge on any atom is 0.258 e. The first-order chi connectivity index (χ1) is 15.3. The van der Waals surface area contributed by atoms with Gasteiger partial charge in [0.15, 0.2) is 0 Å². The highest BCUT2D eigenvalue weighted by atomic mass is 16.2. The lowest BCUT2D eigenvalue weighted by molar-refractivity contribution is -0.120. The van der Waals surface area contributed by atoms with Crippen molar-refractivity contribution in [1.29, 1.82) is 0 Å². The highest BCUT2D eigenvalue weighted by molar-refractivity contribution is 6.07. The lowest BCUT2D eigenvalue weighted by Gasteiger charge is -2.24. The average Bonchev–Trinajstić information content (AvgIpc) is 2.77. The molecule has 0 heterocycles. The summed E-state index contributed by atoms with van der Waals surface area (Å²) >= 11 is 0. The third-order valence-electron chi connectivity index (χ3n) is 5.38. The first kappa shape index (κ1) is 23.3. The number of hydrogen-bond donors (Lipinski definition) is 1. The molecule has 4 nitrogen and oxygen atoms in total. The minimum atomic E-state index is -0.0508. The van der Waals surface area contributed by atoms with E-state index in [-0.39, 0.29) is 18.2 Å². The first-order valence-corrected chi connectivity index (χ1v) is 11.1. The van der Waals surface area contributed by atoms with Gasteiger partial charge in [-0.25, -0.2) is 0 Å². The molecule has 0 spiro atoms. The molecule has 2 amide bonds. The molecule has 0 aliphatic rings. The number of anilines is 1. The molecule has 0 aromatic heterocycles. The van der Waals surface area contributed by atoms with Gasteiger partial charge in [0.1, 0.15) is 0 Å². The lowest BCUT2D eigenvalue weighted by atomic mass is 10.0. The highest BCUT2D eigenvalue weighted by Gasteiger charge is 2.20. The first-order valence-electron chi connectivity index (χ1n) is 11.1. The molecule has 3 aromatic rings. The number of aryl methyl sites for hydroxylation is 2. The van der Waals surface area contributed by atoms with Crippen molar-refractivity contribution in [2.24, 2.45) is 5.92 Å². The molecule has 0 aliphatic carbocycles. The van der Waals surface area contributed by atoms with Gasteiger partial charge in [0.25, 0.3) is 5.91 Å². The molecular weight excluding hydrogens is 396 g/mol. The summed E-state index contributed by atoms with van der Waals surface area (Å²) in [6.07, 6.45) is 0.289. The predicted octanol–water partition coefficient (Wildman–Crippen LogP) is 5.47. The summed E-state index contributed by atoms with van der Waals surface area (Å²) in [6, 6.07) is 23.6. The van der Waals surface area contributed by atoms with Crippen molar-refractivity contribution < 1.29 is 9.59 Å². The Balaban J connectivity index is 1.90. The molecule has 0 fully saturated rings. The summed E-state index contributed by atoms with van der Waals surface area (Å²) in [6.45, 7) is 9.25. The van der Waals surface area contributed by atoms with Crippen LogP contribution in [0.5, 0.6) is 0 Å². The van der Waals surface area contributed by atoms with Crippen LogP contribution >= 0.6 is 0 Å². The Kier molecular flexibility index (Phi) is 7.82. The van der Waals surface area contributed by atoms with Gasteiger partial charge in [0.2, 0.25) is 5.91 Å². The van der Waals surface area contributed by atoms with Gasteiger partial charge in [-0.2, -0.15) is 0 Å². The molecule has 166 valence electrons. The maximum atomic E-state index is 13.6. The number of amides is 2. The summed E-state index contributed by atoms with van der Waals surface area (Å²) in [5.41, 5.74) is 5.52. The SMILES string of the molecule is Cc1ccc(CN(C(=O)c2ccccc2C)c2cccc(CC(=O)NCC(C)C)c2)cc1. The van der Waals surface area contributed by atoms with Crippen molar-refractivity contribution >= 4 is 17.5 Å². The number of nitrogens with one attached hydrogen (secondary N) is 1. The molecule has 0 saturated carbocycles. The van der Waals surface area contributed by atoms with Crippen LogP contribution < -0.4 is 10.2 Å². The van der Waals surface area contributed by atoms with E-state index >= 15 is 0 Å². The van der Waals surface area contributed by atoms with Crippen LogP contribution in [0.25, 0.3) is 0 Å². The van der Waals surface area contributed by atoms with Crippen LogP contribution in [0.4, 0.5) is 5.69 Å². The van der Waals surface area contributed by atoms with Gasteiger partial charge < -0.3 is 10.2 Å². The Bertz CT molecular complexity index is 1070. The van der Waals surface area contributed by atoms with Crippen LogP contribution in [-0.4, -0.2) is 18.4 Å². The van der Waals surface area contributed by atoms with E-state index in [0.29, 0.717) is 24.6 Å². The molecule has 0 unspecified atom stereocenters. The van der Waals surface area contributed by atoms with Gasteiger partial charge in [-0.3, -0.25) is 9.59 Å². The van der Waals surface area contributed by atoms with E-state index in [1.165, 1.54) is 5.56 Å². The summed E-state index contributed by atoms with van der Waals surface area (Å²) in [5, 5.41) is 2.96. The van der Waals surface area contributed by atoms with E-state index in [9.17, 15) is 9.59 Å². The molecule has 1 N–H and O–H groups in total. The highest BCUT2D eigenvalue weighted by Crippen LogP contribution is 2.23. The van der Waals surface area contributed by atoms with E-state index in [2.05, 4.69) is 43.4 Å². The van der Waals surface area contributed by atoms with Crippen molar-refractivity contribution in [3.8, 4) is 0 Å². The number of benzene rings is 3. The maximum absolute atomic E-state index is 13.6. The fourth-order valence-electron chi connectivity index (χ4n) is 3.51. The van der Waals surface area contributed by atoms with Gasteiger partial charge in [-0.15, -0.1) is 0 Å². The van der Waals surface area contributed by atoms with Gasteiger partial charge in [0, 0.05) is 17.8 Å². The van der Waals surface area contributed by atoms with E-state index in [1.54, 1.807) is 4.90 Å². The Labute approximate surface area is 191 Å². The van der Waals surface area contributed by atoms with E-state index < -0.39 is 0 Å². The van der Waals surface area contributed by atoms with Crippen molar-refractivity contribution in [3.05, 3.63) is 101 Å². The zero-order valence-corrected chi connectivity index (χ0v) is 19.4. The van der Waals surface area contributed by atoms with Crippen LogP contribution in [0.3, 0.4) is 0 Å². The van der Waals surface area contributed by atoms with Crippen LogP contribution in [0.15, 0.2) is 72.8 Å². The molecule has 0 bridgehead atoms. The number of carbonyl (C=O) groups excluding carboxylic acids is 2. The molecular formula is C28H32N2O2. The molecule has 4 heteroatoms. The van der Waals surface area contributed by atoms with E-state index in [1.807, 2.05) is 62.4 Å². The second-order valence-corrected chi connectivity index (χ2v) is 8.74. The molecule has 3 rings (SSSR count). The lowest BCUT2D eigenvalue weighted by Crippen LogP contribution is -2.31. The fraction of sp³-hybridized carbons (Fsp3) is 0.286. The third-order valence-corrected chi connectivity index (χ3v) is 5.38. The average molecular weight is 429 g/mol. The monoisotopic (exact) mass is 428 g/mol.